The topological polar surface area (TPSA) is 61.9 Å². The molecule has 1 N–H and O–H groups in total. The lowest BCUT2D eigenvalue weighted by Crippen LogP contribution is -2.50. The Bertz CT molecular complexity index is 620. The summed E-state index contributed by atoms with van der Waals surface area (Å²) in [5.41, 5.74) is 0.431. The number of anilines is 1. The van der Waals surface area contributed by atoms with Crippen molar-refractivity contribution in [3.63, 3.8) is 0 Å². The molecule has 0 aromatic heterocycles. The first kappa shape index (κ1) is 18.0. The van der Waals surface area contributed by atoms with E-state index in [4.69, 9.17) is 4.74 Å². The number of benzene rings is 1. The first-order chi connectivity index (χ1) is 11.2. The highest BCUT2D eigenvalue weighted by atomic mass is 19.1. The summed E-state index contributed by atoms with van der Waals surface area (Å²) in [6, 6.07) is 4.17. The van der Waals surface area contributed by atoms with E-state index in [1.165, 1.54) is 19.2 Å². The van der Waals surface area contributed by atoms with Gasteiger partial charge in [0.15, 0.2) is 0 Å². The van der Waals surface area contributed by atoms with Crippen molar-refractivity contribution in [2.75, 3.05) is 38.1 Å². The van der Waals surface area contributed by atoms with Crippen molar-refractivity contribution in [3.8, 4) is 0 Å². The Hall–Kier alpha value is -2.31. The minimum Gasteiger partial charge on any atom is -0.444 e. The second kappa shape index (κ2) is 7.07. The molecule has 1 aliphatic rings. The highest BCUT2D eigenvalue weighted by molar-refractivity contribution is 5.99. The molecule has 0 saturated carbocycles. The van der Waals surface area contributed by atoms with Gasteiger partial charge in [-0.05, 0) is 39.0 Å². The van der Waals surface area contributed by atoms with Gasteiger partial charge in [0, 0.05) is 38.9 Å². The Morgan fingerprint density at radius 3 is 2.33 bits per heavy atom. The van der Waals surface area contributed by atoms with E-state index in [0.29, 0.717) is 37.4 Å². The number of amides is 2. The van der Waals surface area contributed by atoms with Gasteiger partial charge in [-0.1, -0.05) is 0 Å². The average molecular weight is 337 g/mol. The van der Waals surface area contributed by atoms with Crippen LogP contribution in [-0.2, 0) is 4.74 Å². The lowest BCUT2D eigenvalue weighted by molar-refractivity contribution is 0.0240. The molecular formula is C17H24FN3O3. The van der Waals surface area contributed by atoms with Crippen molar-refractivity contribution in [3.05, 3.63) is 29.6 Å². The molecule has 0 unspecified atom stereocenters. The monoisotopic (exact) mass is 337 g/mol. The van der Waals surface area contributed by atoms with Gasteiger partial charge in [-0.3, -0.25) is 4.79 Å². The fourth-order valence-corrected chi connectivity index (χ4v) is 2.56. The normalized spacial score (nSPS) is 15.2. The van der Waals surface area contributed by atoms with Gasteiger partial charge in [0.1, 0.15) is 11.4 Å². The van der Waals surface area contributed by atoms with E-state index < -0.39 is 11.4 Å². The third kappa shape index (κ3) is 4.37. The van der Waals surface area contributed by atoms with E-state index in [1.54, 1.807) is 11.0 Å². The van der Waals surface area contributed by atoms with Crippen LogP contribution in [0.5, 0.6) is 0 Å². The molecule has 0 atom stereocenters. The quantitative estimate of drug-likeness (QED) is 0.899. The van der Waals surface area contributed by atoms with Gasteiger partial charge in [0.2, 0.25) is 0 Å². The van der Waals surface area contributed by atoms with Crippen LogP contribution in [0.2, 0.25) is 0 Å². The molecule has 24 heavy (non-hydrogen) atoms. The van der Waals surface area contributed by atoms with E-state index in [9.17, 15) is 14.0 Å². The van der Waals surface area contributed by atoms with Gasteiger partial charge in [-0.2, -0.15) is 0 Å². The first-order valence-electron chi connectivity index (χ1n) is 7.96. The Morgan fingerprint density at radius 2 is 1.79 bits per heavy atom. The van der Waals surface area contributed by atoms with E-state index in [-0.39, 0.29) is 12.0 Å². The lowest BCUT2D eigenvalue weighted by atomic mass is 10.1. The van der Waals surface area contributed by atoms with E-state index in [1.807, 2.05) is 25.7 Å². The first-order valence-corrected chi connectivity index (χ1v) is 7.96. The van der Waals surface area contributed by atoms with Crippen molar-refractivity contribution in [1.82, 2.24) is 10.2 Å². The molecular weight excluding hydrogens is 313 g/mol. The molecule has 6 nitrogen and oxygen atoms in total. The Balaban J connectivity index is 2.07. The number of piperazine rings is 1. The number of hydrogen-bond donors (Lipinski definition) is 1. The van der Waals surface area contributed by atoms with Crippen LogP contribution < -0.4 is 10.2 Å². The summed E-state index contributed by atoms with van der Waals surface area (Å²) >= 11 is 0. The number of rotatable bonds is 2. The second-order valence-electron chi connectivity index (χ2n) is 6.70. The molecule has 1 saturated heterocycles. The lowest BCUT2D eigenvalue weighted by Gasteiger charge is -2.37. The SMILES string of the molecule is CNC(=O)c1cc(F)ccc1N1CCN(C(=O)OC(C)(C)C)CC1. The Labute approximate surface area is 141 Å². The zero-order valence-corrected chi connectivity index (χ0v) is 14.6. The maximum absolute atomic E-state index is 13.5. The number of carbonyl (C=O) groups excluding carboxylic acids is 2. The highest BCUT2D eigenvalue weighted by Crippen LogP contribution is 2.23. The molecule has 1 aliphatic heterocycles. The minimum atomic E-state index is -0.530. The largest absolute Gasteiger partial charge is 0.444 e. The molecule has 2 rings (SSSR count). The fourth-order valence-electron chi connectivity index (χ4n) is 2.56. The van der Waals surface area contributed by atoms with Crippen molar-refractivity contribution in [2.45, 2.75) is 26.4 Å². The summed E-state index contributed by atoms with van der Waals surface area (Å²) in [4.78, 5) is 27.7. The highest BCUT2D eigenvalue weighted by Gasteiger charge is 2.27. The fraction of sp³-hybridized carbons (Fsp3) is 0.529. The van der Waals surface area contributed by atoms with Gasteiger partial charge in [0.25, 0.3) is 5.91 Å². The molecule has 7 heteroatoms. The van der Waals surface area contributed by atoms with Gasteiger partial charge in [0.05, 0.1) is 5.56 Å². The predicted octanol–water partition coefficient (Wildman–Crippen LogP) is 2.24. The zero-order valence-electron chi connectivity index (χ0n) is 14.6. The third-order valence-electron chi connectivity index (χ3n) is 3.70. The molecule has 1 fully saturated rings. The second-order valence-corrected chi connectivity index (χ2v) is 6.70. The molecule has 0 radical (unpaired) electrons. The number of halogens is 1. The van der Waals surface area contributed by atoms with Crippen molar-refractivity contribution in [2.24, 2.45) is 0 Å². The van der Waals surface area contributed by atoms with Crippen LogP contribution in [0.3, 0.4) is 0 Å². The third-order valence-corrected chi connectivity index (χ3v) is 3.70. The van der Waals surface area contributed by atoms with E-state index >= 15 is 0 Å². The standard InChI is InChI=1S/C17H24FN3O3/c1-17(2,3)24-16(23)21-9-7-20(8-10-21)14-6-5-12(18)11-13(14)15(22)19-4/h5-6,11H,7-10H2,1-4H3,(H,19,22). The van der Waals surface area contributed by atoms with Gasteiger partial charge < -0.3 is 19.9 Å². The molecule has 1 heterocycles. The van der Waals surface area contributed by atoms with Crippen LogP contribution in [-0.4, -0.2) is 55.7 Å². The molecule has 1 aromatic rings. The van der Waals surface area contributed by atoms with Gasteiger partial charge in [-0.25, -0.2) is 9.18 Å². The summed E-state index contributed by atoms with van der Waals surface area (Å²) in [6.45, 7) is 7.56. The zero-order chi connectivity index (χ0) is 17.9. The summed E-state index contributed by atoms with van der Waals surface area (Å²) in [7, 11) is 1.51. The molecule has 0 spiro atoms. The van der Waals surface area contributed by atoms with Gasteiger partial charge >= 0.3 is 6.09 Å². The number of hydrogen-bond acceptors (Lipinski definition) is 4. The van der Waals surface area contributed by atoms with E-state index in [2.05, 4.69) is 5.32 Å². The Morgan fingerprint density at radius 1 is 1.17 bits per heavy atom. The molecule has 132 valence electrons. The Kier molecular flexibility index (Phi) is 5.31. The number of nitrogens with one attached hydrogen (secondary N) is 1. The van der Waals surface area contributed by atoms with Crippen LogP contribution in [0.4, 0.5) is 14.9 Å². The van der Waals surface area contributed by atoms with Gasteiger partial charge in [-0.15, -0.1) is 0 Å². The number of carbonyl (C=O) groups is 2. The average Bonchev–Trinajstić information content (AvgIpc) is 2.52. The molecule has 0 aliphatic carbocycles. The summed E-state index contributed by atoms with van der Waals surface area (Å²) in [5, 5.41) is 2.52. The van der Waals surface area contributed by atoms with E-state index in [0.717, 1.165) is 0 Å². The number of nitrogens with zero attached hydrogens (tertiary/aromatic N) is 2. The maximum atomic E-state index is 13.5. The van der Waals surface area contributed by atoms with Crippen LogP contribution in [0.15, 0.2) is 18.2 Å². The van der Waals surface area contributed by atoms with Crippen molar-refractivity contribution < 1.29 is 18.7 Å². The summed E-state index contributed by atoms with van der Waals surface area (Å²) in [6.07, 6.45) is -0.340. The molecule has 1 aromatic carbocycles. The van der Waals surface area contributed by atoms with Crippen LogP contribution in [0, 0.1) is 5.82 Å². The molecule has 0 bridgehead atoms. The van der Waals surface area contributed by atoms with Crippen LogP contribution in [0.25, 0.3) is 0 Å². The smallest absolute Gasteiger partial charge is 0.410 e. The predicted molar refractivity (Wildman–Crippen MR) is 89.8 cm³/mol. The summed E-state index contributed by atoms with van der Waals surface area (Å²) in [5.74, 6) is -0.788. The van der Waals surface area contributed by atoms with Crippen molar-refractivity contribution >= 4 is 17.7 Å². The van der Waals surface area contributed by atoms with Crippen LogP contribution >= 0.6 is 0 Å². The van der Waals surface area contributed by atoms with Crippen LogP contribution in [0.1, 0.15) is 31.1 Å². The minimum absolute atomic E-state index is 0.295. The number of ether oxygens (including phenoxy) is 1. The van der Waals surface area contributed by atoms with Crippen molar-refractivity contribution in [1.29, 1.82) is 0 Å². The summed E-state index contributed by atoms with van der Waals surface area (Å²) < 4.78 is 18.8. The maximum Gasteiger partial charge on any atom is 0.410 e. The molecule has 2 amide bonds.